The summed E-state index contributed by atoms with van der Waals surface area (Å²) >= 11 is 0. The van der Waals surface area contributed by atoms with E-state index < -0.39 is 16.5 Å². The van der Waals surface area contributed by atoms with Gasteiger partial charge in [-0.15, -0.1) is 0 Å². The molecule has 1 aromatic heterocycles. The summed E-state index contributed by atoms with van der Waals surface area (Å²) in [6, 6.07) is 2.12. The van der Waals surface area contributed by atoms with E-state index in [2.05, 4.69) is 60.2 Å². The molecular formula is C15H31N5Si2. The molecule has 0 aromatic carbocycles. The molecule has 0 radical (unpaired) electrons. The van der Waals surface area contributed by atoms with Crippen molar-refractivity contribution in [1.82, 2.24) is 9.97 Å². The Hall–Kier alpha value is -1.09. The van der Waals surface area contributed by atoms with E-state index in [1.807, 2.05) is 0 Å². The first kappa shape index (κ1) is 17.3. The fourth-order valence-electron chi connectivity index (χ4n) is 2.56. The lowest BCUT2D eigenvalue weighted by Gasteiger charge is -2.29. The van der Waals surface area contributed by atoms with Gasteiger partial charge in [-0.05, 0) is 19.3 Å². The van der Waals surface area contributed by atoms with E-state index >= 15 is 0 Å². The second-order valence-electron chi connectivity index (χ2n) is 8.23. The summed E-state index contributed by atoms with van der Waals surface area (Å²) < 4.78 is 0. The SMILES string of the molecule is C[Si](C)(C)Nc1cc(N2CCCCC2)nc(N[Si](C)(C)C)n1. The van der Waals surface area contributed by atoms with Crippen molar-refractivity contribution in [3.05, 3.63) is 6.07 Å². The maximum atomic E-state index is 4.79. The van der Waals surface area contributed by atoms with Crippen LogP contribution in [0.2, 0.25) is 39.3 Å². The van der Waals surface area contributed by atoms with Gasteiger partial charge >= 0.3 is 0 Å². The molecule has 0 spiro atoms. The molecular weight excluding hydrogens is 306 g/mol. The van der Waals surface area contributed by atoms with E-state index in [1.165, 1.54) is 19.3 Å². The Morgan fingerprint density at radius 1 is 0.864 bits per heavy atom. The van der Waals surface area contributed by atoms with Crippen LogP contribution >= 0.6 is 0 Å². The van der Waals surface area contributed by atoms with Gasteiger partial charge in [0.2, 0.25) is 5.95 Å². The largest absolute Gasteiger partial charge is 0.396 e. The van der Waals surface area contributed by atoms with Crippen LogP contribution in [0.3, 0.4) is 0 Å². The molecule has 0 saturated carbocycles. The third-order valence-corrected chi connectivity index (χ3v) is 5.36. The van der Waals surface area contributed by atoms with Crippen LogP contribution in [0, 0.1) is 0 Å². The number of hydrogen-bond donors (Lipinski definition) is 2. The van der Waals surface area contributed by atoms with Crippen molar-refractivity contribution >= 4 is 34.1 Å². The highest BCUT2D eigenvalue weighted by Crippen LogP contribution is 2.24. The van der Waals surface area contributed by atoms with Crippen molar-refractivity contribution in [2.24, 2.45) is 0 Å². The minimum absolute atomic E-state index is 0.781. The van der Waals surface area contributed by atoms with E-state index in [9.17, 15) is 0 Å². The van der Waals surface area contributed by atoms with Gasteiger partial charge in [0, 0.05) is 19.2 Å². The first-order valence-corrected chi connectivity index (χ1v) is 15.3. The van der Waals surface area contributed by atoms with Crippen LogP contribution in [0.25, 0.3) is 0 Å². The molecule has 22 heavy (non-hydrogen) atoms. The number of aromatic nitrogens is 2. The fourth-order valence-corrected chi connectivity index (χ4v) is 4.24. The van der Waals surface area contributed by atoms with Crippen LogP contribution < -0.4 is 14.9 Å². The Bertz CT molecular complexity index is 467. The third kappa shape index (κ3) is 5.60. The maximum Gasteiger partial charge on any atom is 0.218 e. The van der Waals surface area contributed by atoms with Crippen molar-refractivity contribution in [2.45, 2.75) is 58.5 Å². The predicted molar refractivity (Wildman–Crippen MR) is 102 cm³/mol. The average Bonchev–Trinajstić information content (AvgIpc) is 2.35. The van der Waals surface area contributed by atoms with Crippen molar-refractivity contribution in [3.8, 4) is 0 Å². The summed E-state index contributed by atoms with van der Waals surface area (Å²) in [5.74, 6) is 2.81. The molecule has 2 heterocycles. The molecule has 1 saturated heterocycles. The first-order chi connectivity index (χ1) is 10.1. The van der Waals surface area contributed by atoms with Crippen LogP contribution in [-0.4, -0.2) is 39.5 Å². The van der Waals surface area contributed by atoms with Crippen LogP contribution in [-0.2, 0) is 0 Å². The van der Waals surface area contributed by atoms with Gasteiger partial charge in [-0.1, -0.05) is 39.3 Å². The topological polar surface area (TPSA) is 53.1 Å². The molecule has 5 nitrogen and oxygen atoms in total. The number of piperidine rings is 1. The molecule has 1 aromatic rings. The number of rotatable bonds is 5. The van der Waals surface area contributed by atoms with Gasteiger partial charge in [-0.3, -0.25) is 0 Å². The molecule has 7 heteroatoms. The maximum absolute atomic E-state index is 4.79. The molecule has 0 atom stereocenters. The zero-order valence-corrected chi connectivity index (χ0v) is 17.0. The van der Waals surface area contributed by atoms with Crippen molar-refractivity contribution in [2.75, 3.05) is 28.0 Å². The smallest absolute Gasteiger partial charge is 0.218 e. The Labute approximate surface area is 137 Å². The van der Waals surface area contributed by atoms with Gasteiger partial charge in [-0.25, -0.2) is 0 Å². The van der Waals surface area contributed by atoms with Gasteiger partial charge in [0.25, 0.3) is 0 Å². The number of nitrogens with zero attached hydrogens (tertiary/aromatic N) is 3. The molecule has 2 N–H and O–H groups in total. The van der Waals surface area contributed by atoms with Gasteiger partial charge in [0.05, 0.1) is 0 Å². The summed E-state index contributed by atoms with van der Waals surface area (Å²) in [5, 5.41) is 0. The van der Waals surface area contributed by atoms with Crippen LogP contribution in [0.1, 0.15) is 19.3 Å². The highest BCUT2D eigenvalue weighted by Gasteiger charge is 2.20. The van der Waals surface area contributed by atoms with Crippen molar-refractivity contribution in [3.63, 3.8) is 0 Å². The molecule has 0 unspecified atom stereocenters. The molecule has 1 aliphatic rings. The second kappa shape index (κ2) is 6.58. The lowest BCUT2D eigenvalue weighted by Crippen LogP contribution is -2.36. The van der Waals surface area contributed by atoms with E-state index in [4.69, 9.17) is 9.97 Å². The highest BCUT2D eigenvalue weighted by atomic mass is 28.3. The lowest BCUT2D eigenvalue weighted by atomic mass is 10.1. The van der Waals surface area contributed by atoms with E-state index in [-0.39, 0.29) is 0 Å². The standard InChI is InChI=1S/C15H31N5Si2/c1-21(2,3)18-13-12-14(20-10-8-7-9-11-20)17-15(16-13)19-22(4,5)6/h12H,7-11H2,1-6H3,(H2,16,17,18,19). The monoisotopic (exact) mass is 337 g/mol. The Kier molecular flexibility index (Phi) is 5.16. The van der Waals surface area contributed by atoms with E-state index in [0.29, 0.717) is 0 Å². The Morgan fingerprint density at radius 2 is 1.45 bits per heavy atom. The first-order valence-electron chi connectivity index (χ1n) is 8.33. The number of nitrogens with one attached hydrogen (secondary N) is 2. The molecule has 1 fully saturated rings. The minimum Gasteiger partial charge on any atom is -0.396 e. The molecule has 0 bridgehead atoms. The molecule has 2 rings (SSSR count). The molecule has 1 aliphatic heterocycles. The average molecular weight is 338 g/mol. The third-order valence-electron chi connectivity index (χ3n) is 3.38. The van der Waals surface area contributed by atoms with Crippen LogP contribution in [0.15, 0.2) is 6.07 Å². The summed E-state index contributed by atoms with van der Waals surface area (Å²) in [6.45, 7) is 15.9. The number of hydrogen-bond acceptors (Lipinski definition) is 5. The summed E-state index contributed by atoms with van der Waals surface area (Å²) in [7, 11) is -2.89. The van der Waals surface area contributed by atoms with E-state index in [0.717, 1.165) is 30.7 Å². The summed E-state index contributed by atoms with van der Waals surface area (Å²) in [4.78, 5) is 19.1. The summed E-state index contributed by atoms with van der Waals surface area (Å²) in [5.41, 5.74) is 0. The van der Waals surface area contributed by atoms with Crippen molar-refractivity contribution in [1.29, 1.82) is 0 Å². The summed E-state index contributed by atoms with van der Waals surface area (Å²) in [6.07, 6.45) is 3.86. The molecule has 0 aliphatic carbocycles. The zero-order valence-electron chi connectivity index (χ0n) is 15.0. The van der Waals surface area contributed by atoms with Gasteiger partial charge in [-0.2, -0.15) is 9.97 Å². The Balaban J connectivity index is 2.30. The quantitative estimate of drug-likeness (QED) is 0.797. The van der Waals surface area contributed by atoms with E-state index in [1.54, 1.807) is 0 Å². The number of anilines is 3. The van der Waals surface area contributed by atoms with Gasteiger partial charge in [0.1, 0.15) is 28.1 Å². The lowest BCUT2D eigenvalue weighted by molar-refractivity contribution is 0.573. The molecule has 0 amide bonds. The second-order valence-corrected chi connectivity index (χ2v) is 17.7. The fraction of sp³-hybridized carbons (Fsp3) is 0.733. The van der Waals surface area contributed by atoms with Crippen molar-refractivity contribution < 1.29 is 0 Å². The van der Waals surface area contributed by atoms with Gasteiger partial charge in [0.15, 0.2) is 0 Å². The normalized spacial score (nSPS) is 16.5. The highest BCUT2D eigenvalue weighted by molar-refractivity contribution is 6.79. The molecule has 124 valence electrons. The zero-order chi connectivity index (χ0) is 16.4. The van der Waals surface area contributed by atoms with Crippen LogP contribution in [0.4, 0.5) is 17.6 Å². The Morgan fingerprint density at radius 3 is 2.00 bits per heavy atom. The van der Waals surface area contributed by atoms with Gasteiger partial charge < -0.3 is 14.9 Å². The van der Waals surface area contributed by atoms with Crippen LogP contribution in [0.5, 0.6) is 0 Å². The minimum atomic E-state index is -1.46. The predicted octanol–water partition coefficient (Wildman–Crippen LogP) is 3.96.